The summed E-state index contributed by atoms with van der Waals surface area (Å²) in [5, 5.41) is 2.86. The van der Waals surface area contributed by atoms with Crippen molar-refractivity contribution in [2.75, 3.05) is 13.2 Å². The van der Waals surface area contributed by atoms with Crippen LogP contribution in [0.3, 0.4) is 0 Å². The van der Waals surface area contributed by atoms with Gasteiger partial charge in [-0.25, -0.2) is 0 Å². The van der Waals surface area contributed by atoms with Gasteiger partial charge in [-0.3, -0.25) is 4.79 Å². The van der Waals surface area contributed by atoms with E-state index in [9.17, 15) is 4.79 Å². The quantitative estimate of drug-likeness (QED) is 0.702. The Morgan fingerprint density at radius 3 is 2.63 bits per heavy atom. The zero-order chi connectivity index (χ0) is 14.1. The number of hydrogen-bond donors (Lipinski definition) is 2. The molecule has 0 saturated heterocycles. The molecule has 4 heteroatoms. The topological polar surface area (TPSA) is 64.4 Å². The van der Waals surface area contributed by atoms with Crippen molar-refractivity contribution in [3.8, 4) is 0 Å². The molecule has 106 valence electrons. The maximum atomic E-state index is 11.6. The average molecular weight is 264 g/mol. The Morgan fingerprint density at radius 2 is 2.00 bits per heavy atom. The molecule has 0 saturated carbocycles. The Morgan fingerprint density at radius 1 is 1.32 bits per heavy atom. The fourth-order valence-electron chi connectivity index (χ4n) is 1.55. The summed E-state index contributed by atoms with van der Waals surface area (Å²) in [6.45, 7) is 5.57. The van der Waals surface area contributed by atoms with E-state index in [1.54, 1.807) is 0 Å². The predicted octanol–water partition coefficient (Wildman–Crippen LogP) is 1.69. The smallest absolute Gasteiger partial charge is 0.224 e. The third-order valence-electron chi connectivity index (χ3n) is 3.08. The second kappa shape index (κ2) is 8.67. The van der Waals surface area contributed by atoms with Gasteiger partial charge in [0.2, 0.25) is 5.91 Å². The number of rotatable bonds is 8. The highest BCUT2D eigenvalue weighted by atomic mass is 16.5. The van der Waals surface area contributed by atoms with Gasteiger partial charge in [-0.05, 0) is 18.9 Å². The highest BCUT2D eigenvalue weighted by Crippen LogP contribution is 2.01. The number of amides is 1. The summed E-state index contributed by atoms with van der Waals surface area (Å²) in [5.74, 6) is -0.136. The van der Waals surface area contributed by atoms with Gasteiger partial charge in [0.05, 0.1) is 6.61 Å². The Bertz CT molecular complexity index is 366. The fourth-order valence-corrected chi connectivity index (χ4v) is 1.55. The van der Waals surface area contributed by atoms with Crippen molar-refractivity contribution < 1.29 is 9.53 Å². The van der Waals surface area contributed by atoms with Gasteiger partial charge in [0.15, 0.2) is 0 Å². The van der Waals surface area contributed by atoms with E-state index >= 15 is 0 Å². The first-order valence-electron chi connectivity index (χ1n) is 6.76. The van der Waals surface area contributed by atoms with Crippen molar-refractivity contribution in [3.05, 3.63) is 35.9 Å². The summed E-state index contributed by atoms with van der Waals surface area (Å²) in [5.41, 5.74) is 6.83. The van der Waals surface area contributed by atoms with Crippen LogP contribution in [0.5, 0.6) is 0 Å². The molecular formula is C15H24N2O2. The number of nitrogens with one attached hydrogen (secondary N) is 1. The largest absolute Gasteiger partial charge is 0.377 e. The third kappa shape index (κ3) is 6.36. The zero-order valence-electron chi connectivity index (χ0n) is 11.8. The van der Waals surface area contributed by atoms with Gasteiger partial charge in [0.25, 0.3) is 0 Å². The summed E-state index contributed by atoms with van der Waals surface area (Å²) < 4.78 is 5.53. The van der Waals surface area contributed by atoms with Crippen molar-refractivity contribution >= 4 is 5.91 Å². The number of carbonyl (C=O) groups is 1. The molecule has 2 atom stereocenters. The summed E-state index contributed by atoms with van der Waals surface area (Å²) in [6.07, 6.45) is 0.810. The van der Waals surface area contributed by atoms with Crippen molar-refractivity contribution in [3.63, 3.8) is 0 Å². The van der Waals surface area contributed by atoms with Crippen LogP contribution in [-0.2, 0) is 16.1 Å². The number of nitrogens with two attached hydrogens (primary N) is 1. The maximum Gasteiger partial charge on any atom is 0.224 e. The van der Waals surface area contributed by atoms with E-state index in [4.69, 9.17) is 10.5 Å². The van der Waals surface area contributed by atoms with E-state index in [1.807, 2.05) is 44.2 Å². The van der Waals surface area contributed by atoms with E-state index in [0.717, 1.165) is 12.0 Å². The van der Waals surface area contributed by atoms with E-state index in [2.05, 4.69) is 5.32 Å². The Hall–Kier alpha value is -1.39. The summed E-state index contributed by atoms with van der Waals surface area (Å²) in [7, 11) is 0. The third-order valence-corrected chi connectivity index (χ3v) is 3.08. The van der Waals surface area contributed by atoms with Crippen LogP contribution >= 0.6 is 0 Å². The minimum absolute atomic E-state index is 0.0121. The zero-order valence-corrected chi connectivity index (χ0v) is 11.8. The van der Waals surface area contributed by atoms with Gasteiger partial charge in [-0.2, -0.15) is 0 Å². The number of benzene rings is 1. The molecule has 0 heterocycles. The lowest BCUT2D eigenvalue weighted by atomic mass is 10.0. The summed E-state index contributed by atoms with van der Waals surface area (Å²) in [6, 6.07) is 9.92. The Labute approximate surface area is 115 Å². The molecule has 0 bridgehead atoms. The number of carbonyl (C=O) groups excluding carboxylic acids is 1. The minimum atomic E-state index is -0.148. The van der Waals surface area contributed by atoms with Crippen LogP contribution in [0, 0.1) is 5.92 Å². The molecule has 4 nitrogen and oxygen atoms in total. The summed E-state index contributed by atoms with van der Waals surface area (Å²) >= 11 is 0. The second-order valence-electron chi connectivity index (χ2n) is 4.83. The standard InChI is InChI=1S/C15H24N2O2/c1-12(13(2)16)15(18)17-9-6-10-19-11-14-7-4-3-5-8-14/h3-5,7-8,12-13H,6,9-11,16H2,1-2H3,(H,17,18). The number of hydrogen-bond acceptors (Lipinski definition) is 3. The van der Waals surface area contributed by atoms with Crippen LogP contribution < -0.4 is 11.1 Å². The van der Waals surface area contributed by atoms with Gasteiger partial charge in [0.1, 0.15) is 0 Å². The maximum absolute atomic E-state index is 11.6. The summed E-state index contributed by atoms with van der Waals surface area (Å²) in [4.78, 5) is 11.6. The first kappa shape index (κ1) is 15.7. The lowest BCUT2D eigenvalue weighted by Crippen LogP contribution is -2.39. The van der Waals surface area contributed by atoms with E-state index in [-0.39, 0.29) is 17.9 Å². The number of ether oxygens (including phenoxy) is 1. The molecule has 0 radical (unpaired) electrons. The Balaban J connectivity index is 2.04. The van der Waals surface area contributed by atoms with Crippen LogP contribution in [0.2, 0.25) is 0 Å². The highest BCUT2D eigenvalue weighted by Gasteiger charge is 2.15. The van der Waals surface area contributed by atoms with Crippen molar-refractivity contribution in [1.29, 1.82) is 0 Å². The molecular weight excluding hydrogens is 240 g/mol. The molecule has 3 N–H and O–H groups in total. The molecule has 1 rings (SSSR count). The van der Waals surface area contributed by atoms with Gasteiger partial charge in [-0.1, -0.05) is 37.3 Å². The lowest BCUT2D eigenvalue weighted by molar-refractivity contribution is -0.124. The van der Waals surface area contributed by atoms with E-state index in [1.165, 1.54) is 0 Å². The monoisotopic (exact) mass is 264 g/mol. The molecule has 1 amide bonds. The van der Waals surface area contributed by atoms with Gasteiger partial charge in [-0.15, -0.1) is 0 Å². The molecule has 2 unspecified atom stereocenters. The molecule has 0 aliphatic rings. The fraction of sp³-hybridized carbons (Fsp3) is 0.533. The molecule has 19 heavy (non-hydrogen) atoms. The molecule has 0 aromatic heterocycles. The van der Waals surface area contributed by atoms with Crippen LogP contribution in [0.15, 0.2) is 30.3 Å². The van der Waals surface area contributed by atoms with Crippen molar-refractivity contribution in [1.82, 2.24) is 5.32 Å². The van der Waals surface area contributed by atoms with E-state index < -0.39 is 0 Å². The average Bonchev–Trinajstić information content (AvgIpc) is 2.42. The van der Waals surface area contributed by atoms with Crippen LogP contribution in [0.4, 0.5) is 0 Å². The normalized spacial score (nSPS) is 13.8. The van der Waals surface area contributed by atoms with E-state index in [0.29, 0.717) is 19.8 Å². The van der Waals surface area contributed by atoms with Gasteiger partial charge >= 0.3 is 0 Å². The second-order valence-corrected chi connectivity index (χ2v) is 4.83. The molecule has 0 fully saturated rings. The lowest BCUT2D eigenvalue weighted by Gasteiger charge is -2.15. The van der Waals surface area contributed by atoms with Crippen LogP contribution in [0.25, 0.3) is 0 Å². The van der Waals surface area contributed by atoms with Crippen molar-refractivity contribution in [2.45, 2.75) is 32.9 Å². The first-order chi connectivity index (χ1) is 9.11. The van der Waals surface area contributed by atoms with Crippen molar-refractivity contribution in [2.24, 2.45) is 11.7 Å². The molecule has 1 aromatic rings. The van der Waals surface area contributed by atoms with Gasteiger partial charge < -0.3 is 15.8 Å². The molecule has 0 aliphatic carbocycles. The molecule has 0 spiro atoms. The minimum Gasteiger partial charge on any atom is -0.377 e. The molecule has 1 aromatic carbocycles. The molecule has 0 aliphatic heterocycles. The Kier molecular flexibility index (Phi) is 7.15. The first-order valence-corrected chi connectivity index (χ1v) is 6.76. The SMILES string of the molecule is CC(N)C(C)C(=O)NCCCOCc1ccccc1. The van der Waals surface area contributed by atoms with Crippen LogP contribution in [0.1, 0.15) is 25.8 Å². The predicted molar refractivity (Wildman–Crippen MR) is 76.5 cm³/mol. The highest BCUT2D eigenvalue weighted by molar-refractivity contribution is 5.78. The van der Waals surface area contributed by atoms with Gasteiger partial charge in [0, 0.05) is 25.1 Å². The van der Waals surface area contributed by atoms with Crippen LogP contribution in [-0.4, -0.2) is 25.1 Å².